The average Bonchev–Trinajstić information content (AvgIpc) is 2.39. The van der Waals surface area contributed by atoms with E-state index in [0.717, 1.165) is 23.1 Å². The molecular weight excluding hydrogens is 291 g/mol. The third-order valence-electron chi connectivity index (χ3n) is 2.62. The molecule has 0 aliphatic carbocycles. The number of aliphatic carboxylic acids is 1. The van der Waals surface area contributed by atoms with Gasteiger partial charge < -0.3 is 14.7 Å². The summed E-state index contributed by atoms with van der Waals surface area (Å²) < 4.78 is 41.9. The van der Waals surface area contributed by atoms with Crippen molar-refractivity contribution in [3.8, 4) is 5.75 Å². The van der Waals surface area contributed by atoms with E-state index in [4.69, 9.17) is 5.11 Å². The fraction of sp³-hybridized carbons (Fsp3) is 0.385. The Kier molecular flexibility index (Phi) is 6.01. The number of halogens is 3. The van der Waals surface area contributed by atoms with E-state index in [0.29, 0.717) is 0 Å². The van der Waals surface area contributed by atoms with Crippen molar-refractivity contribution in [2.75, 3.05) is 13.6 Å². The lowest BCUT2D eigenvalue weighted by atomic mass is 10.1. The molecule has 1 aromatic rings. The Morgan fingerprint density at radius 1 is 1.38 bits per heavy atom. The van der Waals surface area contributed by atoms with E-state index in [9.17, 15) is 22.8 Å². The van der Waals surface area contributed by atoms with Crippen LogP contribution >= 0.6 is 0 Å². The Morgan fingerprint density at radius 3 is 2.62 bits per heavy atom. The first-order chi connectivity index (χ1) is 9.81. The van der Waals surface area contributed by atoms with Gasteiger partial charge in [0, 0.05) is 20.0 Å². The van der Waals surface area contributed by atoms with Crippen molar-refractivity contribution in [1.29, 1.82) is 0 Å². The molecule has 5 nitrogen and oxygen atoms in total. The number of nitrogens with zero attached hydrogens (tertiary/aromatic N) is 1. The number of carboxylic acid groups (broad SMARTS) is 1. The fourth-order valence-corrected chi connectivity index (χ4v) is 1.62. The number of rotatable bonds is 7. The van der Waals surface area contributed by atoms with E-state index in [-0.39, 0.29) is 25.1 Å². The molecule has 0 heterocycles. The van der Waals surface area contributed by atoms with E-state index in [1.165, 1.54) is 7.05 Å². The molecule has 0 saturated heterocycles. The van der Waals surface area contributed by atoms with Gasteiger partial charge in [-0.05, 0) is 24.6 Å². The average molecular weight is 305 g/mol. The lowest BCUT2D eigenvalue weighted by Gasteiger charge is -2.17. The largest absolute Gasteiger partial charge is 0.481 e. The molecule has 0 fully saturated rings. The van der Waals surface area contributed by atoms with E-state index < -0.39 is 29.9 Å². The zero-order valence-corrected chi connectivity index (χ0v) is 11.2. The number of hydrogen-bond acceptors (Lipinski definition) is 3. The molecule has 0 atom stereocenters. The normalized spacial score (nSPS) is 10.5. The van der Waals surface area contributed by atoms with Crippen LogP contribution in [0.1, 0.15) is 23.2 Å². The second-order valence-corrected chi connectivity index (χ2v) is 4.24. The number of ether oxygens (including phenoxy) is 1. The maximum Gasteiger partial charge on any atom is 0.387 e. The molecular formula is C13H14F3NO4. The van der Waals surface area contributed by atoms with E-state index in [1.807, 2.05) is 0 Å². The molecule has 0 aliphatic rings. The number of benzene rings is 1. The SMILES string of the molecule is CN(CCCC(=O)O)C(=O)c1cc(OC(F)F)ccc1F. The van der Waals surface area contributed by atoms with Crippen LogP contribution in [0.3, 0.4) is 0 Å². The molecule has 0 radical (unpaired) electrons. The van der Waals surface area contributed by atoms with Gasteiger partial charge in [0.1, 0.15) is 11.6 Å². The van der Waals surface area contributed by atoms with Crippen molar-refractivity contribution >= 4 is 11.9 Å². The zero-order chi connectivity index (χ0) is 16.0. The second-order valence-electron chi connectivity index (χ2n) is 4.24. The lowest BCUT2D eigenvalue weighted by Crippen LogP contribution is -2.29. The van der Waals surface area contributed by atoms with Crippen LogP contribution < -0.4 is 4.74 Å². The van der Waals surface area contributed by atoms with Crippen LogP contribution in [-0.2, 0) is 4.79 Å². The Bertz CT molecular complexity index is 522. The van der Waals surface area contributed by atoms with Crippen molar-refractivity contribution in [3.63, 3.8) is 0 Å². The minimum Gasteiger partial charge on any atom is -0.481 e. The molecule has 0 saturated carbocycles. The quantitative estimate of drug-likeness (QED) is 0.840. The van der Waals surface area contributed by atoms with E-state index in [2.05, 4.69) is 4.74 Å². The van der Waals surface area contributed by atoms with Crippen LogP contribution in [0.2, 0.25) is 0 Å². The van der Waals surface area contributed by atoms with Gasteiger partial charge in [-0.25, -0.2) is 4.39 Å². The predicted molar refractivity (Wildman–Crippen MR) is 66.9 cm³/mol. The minimum atomic E-state index is -3.08. The van der Waals surface area contributed by atoms with Gasteiger partial charge in [0.2, 0.25) is 0 Å². The number of carbonyl (C=O) groups excluding carboxylic acids is 1. The summed E-state index contributed by atoms with van der Waals surface area (Å²) in [6.07, 6.45) is 0.0705. The maximum absolute atomic E-state index is 13.6. The summed E-state index contributed by atoms with van der Waals surface area (Å²) in [7, 11) is 1.37. The standard InChI is InChI=1S/C13H14F3NO4/c1-17(6-2-3-11(18)19)12(20)9-7-8(21-13(15)16)4-5-10(9)14/h4-5,7,13H,2-3,6H2,1H3,(H,18,19). The first-order valence-electron chi connectivity index (χ1n) is 6.03. The summed E-state index contributed by atoms with van der Waals surface area (Å²) in [4.78, 5) is 23.5. The highest BCUT2D eigenvalue weighted by atomic mass is 19.3. The van der Waals surface area contributed by atoms with Crippen molar-refractivity contribution in [2.24, 2.45) is 0 Å². The Labute approximate surface area is 118 Å². The van der Waals surface area contributed by atoms with Gasteiger partial charge in [-0.3, -0.25) is 9.59 Å². The Balaban J connectivity index is 2.78. The highest BCUT2D eigenvalue weighted by Crippen LogP contribution is 2.20. The van der Waals surface area contributed by atoms with Gasteiger partial charge in [-0.1, -0.05) is 0 Å². The molecule has 21 heavy (non-hydrogen) atoms. The topological polar surface area (TPSA) is 66.8 Å². The number of amides is 1. The number of carbonyl (C=O) groups is 2. The van der Waals surface area contributed by atoms with Crippen LogP contribution in [0.4, 0.5) is 13.2 Å². The first-order valence-corrected chi connectivity index (χ1v) is 6.03. The summed E-state index contributed by atoms with van der Waals surface area (Å²) in [5.41, 5.74) is -0.411. The molecule has 1 N–H and O–H groups in total. The summed E-state index contributed by atoms with van der Waals surface area (Å²) in [6.45, 7) is -2.98. The van der Waals surface area contributed by atoms with Crippen LogP contribution in [0.15, 0.2) is 18.2 Å². The van der Waals surface area contributed by atoms with Gasteiger partial charge in [-0.15, -0.1) is 0 Å². The molecule has 0 unspecified atom stereocenters. The smallest absolute Gasteiger partial charge is 0.387 e. The third kappa shape index (κ3) is 5.33. The van der Waals surface area contributed by atoms with Crippen molar-refractivity contribution in [3.05, 3.63) is 29.6 Å². The molecule has 0 bridgehead atoms. The van der Waals surface area contributed by atoms with Gasteiger partial charge >= 0.3 is 12.6 Å². The van der Waals surface area contributed by atoms with Gasteiger partial charge in [-0.2, -0.15) is 8.78 Å². The van der Waals surface area contributed by atoms with Crippen LogP contribution in [-0.4, -0.2) is 42.1 Å². The highest BCUT2D eigenvalue weighted by molar-refractivity contribution is 5.94. The molecule has 1 amide bonds. The molecule has 0 aromatic heterocycles. The van der Waals surface area contributed by atoms with E-state index in [1.54, 1.807) is 0 Å². The van der Waals surface area contributed by atoms with Crippen LogP contribution in [0.5, 0.6) is 5.75 Å². The minimum absolute atomic E-state index is 0.102. The van der Waals surface area contributed by atoms with Crippen molar-refractivity contribution in [1.82, 2.24) is 4.90 Å². The highest BCUT2D eigenvalue weighted by Gasteiger charge is 2.18. The first kappa shape index (κ1) is 16.8. The fourth-order valence-electron chi connectivity index (χ4n) is 1.62. The van der Waals surface area contributed by atoms with Crippen LogP contribution in [0.25, 0.3) is 0 Å². The van der Waals surface area contributed by atoms with Crippen molar-refractivity contribution < 1.29 is 32.6 Å². The summed E-state index contributed by atoms with van der Waals surface area (Å²) >= 11 is 0. The summed E-state index contributed by atoms with van der Waals surface area (Å²) in [6, 6.07) is 2.73. The molecule has 0 spiro atoms. The summed E-state index contributed by atoms with van der Waals surface area (Å²) in [5, 5.41) is 8.50. The van der Waals surface area contributed by atoms with Crippen molar-refractivity contribution in [2.45, 2.75) is 19.5 Å². The molecule has 0 aliphatic heterocycles. The Hall–Kier alpha value is -2.25. The van der Waals surface area contributed by atoms with E-state index >= 15 is 0 Å². The third-order valence-corrected chi connectivity index (χ3v) is 2.62. The lowest BCUT2D eigenvalue weighted by molar-refractivity contribution is -0.137. The van der Waals surface area contributed by atoms with Crippen LogP contribution in [0, 0.1) is 5.82 Å². The van der Waals surface area contributed by atoms with Gasteiger partial charge in [0.15, 0.2) is 0 Å². The molecule has 1 aromatic carbocycles. The maximum atomic E-state index is 13.6. The van der Waals surface area contributed by atoms with Gasteiger partial charge in [0.25, 0.3) is 5.91 Å². The zero-order valence-electron chi connectivity index (χ0n) is 11.2. The predicted octanol–water partition coefficient (Wildman–Crippen LogP) is 2.36. The number of carboxylic acids is 1. The summed E-state index contributed by atoms with van der Waals surface area (Å²) in [5.74, 6) is -2.94. The molecule has 1 rings (SSSR count). The second kappa shape index (κ2) is 7.51. The Morgan fingerprint density at radius 2 is 2.05 bits per heavy atom. The monoisotopic (exact) mass is 305 g/mol. The van der Waals surface area contributed by atoms with Gasteiger partial charge in [0.05, 0.1) is 5.56 Å². The molecule has 116 valence electrons. The number of alkyl halides is 2. The number of hydrogen-bond donors (Lipinski definition) is 1. The molecule has 8 heteroatoms.